The van der Waals surface area contributed by atoms with Gasteiger partial charge in [0.05, 0.1) is 5.69 Å². The molecule has 1 amide bonds. The standard InChI is InChI=1S/C14H17NO/c1-9-6-7-11-4-3-5-12-8-10(2)15(13(11)12)14(9)16/h3-5,9-10H,6-8H2,1-2H3/t9-,10+/m0/s1. The second-order valence-electron chi connectivity index (χ2n) is 5.13. The number of anilines is 1. The maximum atomic E-state index is 12.3. The summed E-state index contributed by atoms with van der Waals surface area (Å²) in [6.07, 6.45) is 3.04. The highest BCUT2D eigenvalue weighted by molar-refractivity contribution is 5.99. The highest BCUT2D eigenvalue weighted by Gasteiger charge is 2.36. The van der Waals surface area contributed by atoms with Crippen molar-refractivity contribution in [3.63, 3.8) is 0 Å². The first-order chi connectivity index (χ1) is 7.68. The molecule has 0 aliphatic carbocycles. The van der Waals surface area contributed by atoms with Crippen molar-refractivity contribution in [3.8, 4) is 0 Å². The van der Waals surface area contributed by atoms with E-state index in [2.05, 4.69) is 32.0 Å². The van der Waals surface area contributed by atoms with Gasteiger partial charge in [-0.2, -0.15) is 0 Å². The maximum absolute atomic E-state index is 12.3. The third kappa shape index (κ3) is 1.22. The van der Waals surface area contributed by atoms with Gasteiger partial charge in [0.15, 0.2) is 0 Å². The number of carbonyl (C=O) groups is 1. The molecule has 0 fully saturated rings. The van der Waals surface area contributed by atoms with E-state index in [-0.39, 0.29) is 5.92 Å². The van der Waals surface area contributed by atoms with Gasteiger partial charge in [0, 0.05) is 12.0 Å². The van der Waals surface area contributed by atoms with E-state index in [9.17, 15) is 4.79 Å². The lowest BCUT2D eigenvalue weighted by atomic mass is 9.99. The largest absolute Gasteiger partial charge is 0.309 e. The predicted octanol–water partition coefficient (Wildman–Crippen LogP) is 2.55. The Kier molecular flexibility index (Phi) is 2.06. The van der Waals surface area contributed by atoms with Gasteiger partial charge in [-0.25, -0.2) is 0 Å². The van der Waals surface area contributed by atoms with Crippen LogP contribution in [0, 0.1) is 5.92 Å². The summed E-state index contributed by atoms with van der Waals surface area (Å²) in [5.74, 6) is 0.483. The van der Waals surface area contributed by atoms with Gasteiger partial charge in [0.2, 0.25) is 5.91 Å². The molecule has 0 saturated carbocycles. The molecule has 3 rings (SSSR count). The van der Waals surface area contributed by atoms with Crippen molar-refractivity contribution >= 4 is 11.6 Å². The first-order valence-corrected chi connectivity index (χ1v) is 6.12. The van der Waals surface area contributed by atoms with Gasteiger partial charge in [-0.3, -0.25) is 4.79 Å². The van der Waals surface area contributed by atoms with Crippen LogP contribution in [0.15, 0.2) is 18.2 Å². The molecule has 2 heterocycles. The van der Waals surface area contributed by atoms with Crippen LogP contribution >= 0.6 is 0 Å². The number of amides is 1. The van der Waals surface area contributed by atoms with Crippen LogP contribution in [0.25, 0.3) is 0 Å². The molecule has 0 N–H and O–H groups in total. The van der Waals surface area contributed by atoms with Crippen LogP contribution in [0.5, 0.6) is 0 Å². The molecule has 1 aromatic rings. The van der Waals surface area contributed by atoms with Crippen molar-refractivity contribution in [2.75, 3.05) is 4.90 Å². The number of benzene rings is 1. The van der Waals surface area contributed by atoms with Crippen molar-refractivity contribution < 1.29 is 4.79 Å². The van der Waals surface area contributed by atoms with E-state index in [4.69, 9.17) is 0 Å². The number of carbonyl (C=O) groups excluding carboxylic acids is 1. The maximum Gasteiger partial charge on any atom is 0.230 e. The minimum atomic E-state index is 0.167. The number of hydrogen-bond donors (Lipinski definition) is 0. The first-order valence-electron chi connectivity index (χ1n) is 6.12. The molecule has 1 aromatic carbocycles. The molecule has 2 heteroatoms. The summed E-state index contributed by atoms with van der Waals surface area (Å²) in [7, 11) is 0. The van der Waals surface area contributed by atoms with Gasteiger partial charge in [-0.05, 0) is 37.3 Å². The molecule has 84 valence electrons. The van der Waals surface area contributed by atoms with Gasteiger partial charge in [-0.15, -0.1) is 0 Å². The Bertz CT molecular complexity index is 452. The normalized spacial score (nSPS) is 27.9. The van der Waals surface area contributed by atoms with Crippen molar-refractivity contribution in [2.45, 2.75) is 39.2 Å². The number of hydrogen-bond acceptors (Lipinski definition) is 1. The molecule has 0 spiro atoms. The highest BCUT2D eigenvalue weighted by atomic mass is 16.2. The molecule has 0 aromatic heterocycles. The lowest BCUT2D eigenvalue weighted by Gasteiger charge is -2.24. The number of para-hydroxylation sites is 1. The van der Waals surface area contributed by atoms with Gasteiger partial charge in [0.1, 0.15) is 0 Å². The van der Waals surface area contributed by atoms with Crippen molar-refractivity contribution in [2.24, 2.45) is 5.92 Å². The predicted molar refractivity (Wildman–Crippen MR) is 64.6 cm³/mol. The summed E-state index contributed by atoms with van der Waals surface area (Å²) in [5.41, 5.74) is 3.94. The number of aryl methyl sites for hydroxylation is 1. The van der Waals surface area contributed by atoms with Gasteiger partial charge < -0.3 is 4.90 Å². The minimum Gasteiger partial charge on any atom is -0.309 e. The molecule has 0 saturated heterocycles. The fourth-order valence-electron chi connectivity index (χ4n) is 3.01. The van der Waals surface area contributed by atoms with Crippen LogP contribution in [0.1, 0.15) is 31.4 Å². The number of rotatable bonds is 0. The monoisotopic (exact) mass is 215 g/mol. The number of nitrogens with zero attached hydrogens (tertiary/aromatic N) is 1. The van der Waals surface area contributed by atoms with E-state index in [0.717, 1.165) is 19.3 Å². The molecular formula is C14H17NO. The Labute approximate surface area is 96.3 Å². The Hall–Kier alpha value is -1.31. The molecule has 0 bridgehead atoms. The third-order valence-electron chi connectivity index (χ3n) is 3.91. The van der Waals surface area contributed by atoms with Crippen LogP contribution < -0.4 is 4.90 Å². The average molecular weight is 215 g/mol. The molecule has 2 nitrogen and oxygen atoms in total. The SMILES string of the molecule is C[C@@H]1Cc2cccc3c2N1C(=O)[C@@H](C)CC3. The summed E-state index contributed by atoms with van der Waals surface area (Å²) < 4.78 is 0. The fourth-order valence-corrected chi connectivity index (χ4v) is 3.01. The van der Waals surface area contributed by atoms with Crippen molar-refractivity contribution in [1.82, 2.24) is 0 Å². The van der Waals surface area contributed by atoms with Crippen LogP contribution in [0.4, 0.5) is 5.69 Å². The van der Waals surface area contributed by atoms with E-state index in [1.165, 1.54) is 16.8 Å². The Morgan fingerprint density at radius 2 is 2.00 bits per heavy atom. The van der Waals surface area contributed by atoms with E-state index >= 15 is 0 Å². The summed E-state index contributed by atoms with van der Waals surface area (Å²) in [5, 5.41) is 0. The molecular weight excluding hydrogens is 198 g/mol. The van der Waals surface area contributed by atoms with Gasteiger partial charge in [0.25, 0.3) is 0 Å². The van der Waals surface area contributed by atoms with Crippen LogP contribution in [-0.4, -0.2) is 11.9 Å². The van der Waals surface area contributed by atoms with Gasteiger partial charge in [-0.1, -0.05) is 25.1 Å². The Balaban J connectivity index is 2.19. The minimum absolute atomic E-state index is 0.167. The van der Waals surface area contributed by atoms with E-state index in [0.29, 0.717) is 11.9 Å². The second kappa shape index (κ2) is 3.34. The Morgan fingerprint density at radius 3 is 2.81 bits per heavy atom. The molecule has 0 radical (unpaired) electrons. The van der Waals surface area contributed by atoms with E-state index in [1.807, 2.05) is 4.90 Å². The zero-order valence-electron chi connectivity index (χ0n) is 9.86. The summed E-state index contributed by atoms with van der Waals surface area (Å²) in [4.78, 5) is 14.4. The lowest BCUT2D eigenvalue weighted by molar-refractivity contribution is -0.122. The van der Waals surface area contributed by atoms with Crippen LogP contribution in [0.2, 0.25) is 0 Å². The highest BCUT2D eigenvalue weighted by Crippen LogP contribution is 2.39. The van der Waals surface area contributed by atoms with E-state index < -0.39 is 0 Å². The zero-order valence-corrected chi connectivity index (χ0v) is 9.86. The average Bonchev–Trinajstić information content (AvgIpc) is 2.54. The van der Waals surface area contributed by atoms with Crippen molar-refractivity contribution in [3.05, 3.63) is 29.3 Å². The molecule has 16 heavy (non-hydrogen) atoms. The second-order valence-corrected chi connectivity index (χ2v) is 5.13. The fraction of sp³-hybridized carbons (Fsp3) is 0.500. The third-order valence-corrected chi connectivity index (χ3v) is 3.91. The van der Waals surface area contributed by atoms with Crippen LogP contribution in [-0.2, 0) is 17.6 Å². The summed E-state index contributed by atoms with van der Waals surface area (Å²) in [6.45, 7) is 4.21. The summed E-state index contributed by atoms with van der Waals surface area (Å²) >= 11 is 0. The molecule has 0 unspecified atom stereocenters. The van der Waals surface area contributed by atoms with Gasteiger partial charge >= 0.3 is 0 Å². The van der Waals surface area contributed by atoms with E-state index in [1.54, 1.807) is 0 Å². The smallest absolute Gasteiger partial charge is 0.230 e. The lowest BCUT2D eigenvalue weighted by Crippen LogP contribution is -2.38. The molecule has 2 atom stereocenters. The first kappa shape index (κ1) is 9.88. The molecule has 2 aliphatic heterocycles. The Morgan fingerprint density at radius 1 is 1.25 bits per heavy atom. The van der Waals surface area contributed by atoms with Crippen molar-refractivity contribution in [1.29, 1.82) is 0 Å². The zero-order chi connectivity index (χ0) is 11.3. The topological polar surface area (TPSA) is 20.3 Å². The van der Waals surface area contributed by atoms with Crippen LogP contribution in [0.3, 0.4) is 0 Å². The summed E-state index contributed by atoms with van der Waals surface area (Å²) in [6, 6.07) is 6.81. The molecule has 2 aliphatic rings. The quantitative estimate of drug-likeness (QED) is 0.651.